The van der Waals surface area contributed by atoms with Crippen molar-refractivity contribution in [2.45, 2.75) is 32.9 Å². The highest BCUT2D eigenvalue weighted by Crippen LogP contribution is 2.21. The molecule has 1 aliphatic heterocycles. The Hall–Kier alpha value is -2.64. The van der Waals surface area contributed by atoms with Crippen molar-refractivity contribution >= 4 is 17.7 Å². The molecule has 3 N–H and O–H groups in total. The Bertz CT molecular complexity index is 691. The van der Waals surface area contributed by atoms with Gasteiger partial charge in [0, 0.05) is 24.7 Å². The van der Waals surface area contributed by atoms with Gasteiger partial charge in [-0.15, -0.1) is 0 Å². The minimum atomic E-state index is -0.806. The number of aromatic nitrogens is 4. The Morgan fingerprint density at radius 2 is 2.18 bits per heavy atom. The molecule has 116 valence electrons. The van der Waals surface area contributed by atoms with E-state index in [4.69, 9.17) is 10.8 Å². The number of aryl methyl sites for hydroxylation is 2. The molecule has 0 bridgehead atoms. The molecule has 8 heteroatoms. The van der Waals surface area contributed by atoms with Crippen LogP contribution in [0.3, 0.4) is 0 Å². The lowest BCUT2D eigenvalue weighted by Gasteiger charge is -2.28. The first kappa shape index (κ1) is 14.3. The minimum absolute atomic E-state index is 0.0990. The normalized spacial score (nSPS) is 14.0. The zero-order chi connectivity index (χ0) is 15.7. The van der Waals surface area contributed by atoms with Gasteiger partial charge < -0.3 is 15.7 Å². The van der Waals surface area contributed by atoms with Crippen LogP contribution in [0.25, 0.3) is 0 Å². The number of carbonyl (C=O) groups is 1. The predicted molar refractivity (Wildman–Crippen MR) is 80.4 cm³/mol. The van der Waals surface area contributed by atoms with E-state index in [2.05, 4.69) is 20.0 Å². The summed E-state index contributed by atoms with van der Waals surface area (Å²) in [6.07, 6.45) is 0.552. The molecule has 0 radical (unpaired) electrons. The third-order valence-electron chi connectivity index (χ3n) is 3.63. The Morgan fingerprint density at radius 1 is 1.36 bits per heavy atom. The number of rotatable bonds is 4. The molecule has 0 spiro atoms. The van der Waals surface area contributed by atoms with E-state index in [1.54, 1.807) is 0 Å². The zero-order valence-corrected chi connectivity index (χ0v) is 12.4. The van der Waals surface area contributed by atoms with E-state index >= 15 is 0 Å². The van der Waals surface area contributed by atoms with Crippen molar-refractivity contribution in [2.24, 2.45) is 0 Å². The molecular weight excluding hydrogens is 284 g/mol. The third-order valence-corrected chi connectivity index (χ3v) is 3.63. The van der Waals surface area contributed by atoms with E-state index in [-0.39, 0.29) is 12.4 Å². The van der Waals surface area contributed by atoms with E-state index < -0.39 is 5.97 Å². The molecule has 3 heterocycles. The van der Waals surface area contributed by atoms with E-state index in [9.17, 15) is 4.79 Å². The first-order chi connectivity index (χ1) is 10.5. The fourth-order valence-electron chi connectivity index (χ4n) is 2.62. The van der Waals surface area contributed by atoms with Crippen molar-refractivity contribution in [3.8, 4) is 0 Å². The number of fused-ring (bicyclic) bond motifs is 1. The number of hydrogen-bond donors (Lipinski definition) is 2. The van der Waals surface area contributed by atoms with Gasteiger partial charge in [-0.3, -0.25) is 9.48 Å². The van der Waals surface area contributed by atoms with Crippen LogP contribution >= 0.6 is 0 Å². The van der Waals surface area contributed by atoms with E-state index in [0.717, 1.165) is 36.0 Å². The average molecular weight is 302 g/mol. The maximum absolute atomic E-state index is 10.6. The molecular formula is C14H18N6O2. The van der Waals surface area contributed by atoms with Gasteiger partial charge >= 0.3 is 5.97 Å². The van der Waals surface area contributed by atoms with Crippen LogP contribution in [0, 0.1) is 6.92 Å². The lowest BCUT2D eigenvalue weighted by molar-refractivity contribution is -0.136. The van der Waals surface area contributed by atoms with Crippen molar-refractivity contribution < 1.29 is 9.90 Å². The number of carboxylic acid groups (broad SMARTS) is 1. The van der Waals surface area contributed by atoms with E-state index in [0.29, 0.717) is 13.0 Å². The largest absolute Gasteiger partial charge is 0.481 e. The summed E-state index contributed by atoms with van der Waals surface area (Å²) in [6, 6.07) is 3.88. The van der Waals surface area contributed by atoms with Crippen molar-refractivity contribution in [2.75, 3.05) is 17.2 Å². The van der Waals surface area contributed by atoms with Crippen LogP contribution in [0.2, 0.25) is 0 Å². The Kier molecular flexibility index (Phi) is 3.66. The average Bonchev–Trinajstić information content (AvgIpc) is 2.86. The molecule has 0 fully saturated rings. The van der Waals surface area contributed by atoms with Crippen molar-refractivity contribution in [1.82, 2.24) is 19.7 Å². The highest BCUT2D eigenvalue weighted by atomic mass is 16.4. The lowest BCUT2D eigenvalue weighted by Crippen LogP contribution is -2.34. The number of aliphatic carboxylic acids is 1. The zero-order valence-electron chi connectivity index (χ0n) is 12.4. The maximum atomic E-state index is 10.6. The van der Waals surface area contributed by atoms with Gasteiger partial charge in [-0.1, -0.05) is 0 Å². The minimum Gasteiger partial charge on any atom is -0.481 e. The SMILES string of the molecule is Cc1cc(N2CCn3nc(CCC(=O)O)cc3C2)nc(N)n1. The Labute approximate surface area is 127 Å². The second-order valence-corrected chi connectivity index (χ2v) is 5.39. The third kappa shape index (κ3) is 3.00. The molecule has 0 atom stereocenters. The summed E-state index contributed by atoms with van der Waals surface area (Å²) in [5.74, 6) is 0.278. The maximum Gasteiger partial charge on any atom is 0.303 e. The van der Waals surface area contributed by atoms with Crippen LogP contribution in [0.4, 0.5) is 11.8 Å². The lowest BCUT2D eigenvalue weighted by atomic mass is 10.2. The summed E-state index contributed by atoms with van der Waals surface area (Å²) in [4.78, 5) is 21.1. The molecule has 22 heavy (non-hydrogen) atoms. The molecule has 2 aromatic rings. The molecule has 8 nitrogen and oxygen atoms in total. The fourth-order valence-corrected chi connectivity index (χ4v) is 2.62. The molecule has 0 aliphatic carbocycles. The molecule has 0 saturated heterocycles. The van der Waals surface area contributed by atoms with Crippen LogP contribution in [0.1, 0.15) is 23.5 Å². The van der Waals surface area contributed by atoms with Crippen LogP contribution in [0.5, 0.6) is 0 Å². The van der Waals surface area contributed by atoms with Gasteiger partial charge in [0.15, 0.2) is 0 Å². The predicted octanol–water partition coefficient (Wildman–Crippen LogP) is 0.601. The second kappa shape index (κ2) is 5.63. The monoisotopic (exact) mass is 302 g/mol. The van der Waals surface area contributed by atoms with Crippen molar-refractivity contribution in [3.63, 3.8) is 0 Å². The highest BCUT2D eigenvalue weighted by molar-refractivity contribution is 5.66. The summed E-state index contributed by atoms with van der Waals surface area (Å²) >= 11 is 0. The topological polar surface area (TPSA) is 110 Å². The number of nitrogen functional groups attached to an aromatic ring is 1. The summed E-state index contributed by atoms with van der Waals surface area (Å²) in [5.41, 5.74) is 8.42. The summed E-state index contributed by atoms with van der Waals surface area (Å²) in [7, 11) is 0. The molecule has 0 saturated carbocycles. The summed E-state index contributed by atoms with van der Waals surface area (Å²) < 4.78 is 1.94. The molecule has 1 aliphatic rings. The quantitative estimate of drug-likeness (QED) is 0.851. The molecule has 0 aromatic carbocycles. The van der Waals surface area contributed by atoms with Crippen LogP contribution in [-0.2, 0) is 24.3 Å². The Morgan fingerprint density at radius 3 is 2.91 bits per heavy atom. The van der Waals surface area contributed by atoms with Gasteiger partial charge in [-0.25, -0.2) is 4.98 Å². The number of hydrogen-bond acceptors (Lipinski definition) is 6. The number of nitrogens with two attached hydrogens (primary N) is 1. The van der Waals surface area contributed by atoms with Gasteiger partial charge in [0.2, 0.25) is 5.95 Å². The van der Waals surface area contributed by atoms with Crippen molar-refractivity contribution in [1.29, 1.82) is 0 Å². The Balaban J connectivity index is 1.77. The van der Waals surface area contributed by atoms with Crippen LogP contribution in [0.15, 0.2) is 12.1 Å². The van der Waals surface area contributed by atoms with Crippen LogP contribution in [-0.4, -0.2) is 37.4 Å². The van der Waals surface area contributed by atoms with Gasteiger partial charge in [0.05, 0.1) is 30.9 Å². The van der Waals surface area contributed by atoms with Crippen LogP contribution < -0.4 is 10.6 Å². The molecule has 0 unspecified atom stereocenters. The number of carboxylic acids is 1. The summed E-state index contributed by atoms with van der Waals surface area (Å²) in [6.45, 7) is 4.09. The second-order valence-electron chi connectivity index (χ2n) is 5.39. The van der Waals surface area contributed by atoms with Crippen molar-refractivity contribution in [3.05, 3.63) is 29.2 Å². The van der Waals surface area contributed by atoms with Gasteiger partial charge in [-0.2, -0.15) is 10.1 Å². The smallest absolute Gasteiger partial charge is 0.303 e. The van der Waals surface area contributed by atoms with Gasteiger partial charge in [0.25, 0.3) is 0 Å². The first-order valence-corrected chi connectivity index (χ1v) is 7.15. The fraction of sp³-hybridized carbons (Fsp3) is 0.429. The van der Waals surface area contributed by atoms with E-state index in [1.807, 2.05) is 23.7 Å². The molecule has 0 amide bonds. The highest BCUT2D eigenvalue weighted by Gasteiger charge is 2.20. The van der Waals surface area contributed by atoms with Gasteiger partial charge in [0.1, 0.15) is 5.82 Å². The van der Waals surface area contributed by atoms with E-state index in [1.165, 1.54) is 0 Å². The number of anilines is 2. The summed E-state index contributed by atoms with van der Waals surface area (Å²) in [5, 5.41) is 13.2. The molecule has 3 rings (SSSR count). The standard InChI is InChI=1S/C14H18N6O2/c1-9-6-12(17-14(15)16-9)19-4-5-20-11(8-19)7-10(18-20)2-3-13(21)22/h6-7H,2-5,8H2,1H3,(H,21,22)(H2,15,16,17). The molecule has 2 aromatic heterocycles. The first-order valence-electron chi connectivity index (χ1n) is 7.15. The number of nitrogens with zero attached hydrogens (tertiary/aromatic N) is 5. The van der Waals surface area contributed by atoms with Gasteiger partial charge in [-0.05, 0) is 13.0 Å².